The number of aromatic nitrogens is 4. The largest absolute Gasteiger partial charge is 0.452 e. The Kier molecular flexibility index (Phi) is 6.51. The second kappa shape index (κ2) is 9.25. The van der Waals surface area contributed by atoms with Crippen molar-refractivity contribution in [1.82, 2.24) is 25.5 Å². The first-order valence-corrected chi connectivity index (χ1v) is 9.78. The summed E-state index contributed by atoms with van der Waals surface area (Å²) < 4.78 is 6.43. The lowest BCUT2D eigenvalue weighted by Crippen LogP contribution is -2.28. The third-order valence-corrected chi connectivity index (χ3v) is 5.53. The molecule has 150 valence electrons. The number of amides is 1. The molecular formula is C16H14N6O5S2. The predicted octanol–water partition coefficient (Wildman–Crippen LogP) is 1.80. The fourth-order valence-corrected chi connectivity index (χ4v) is 3.62. The topological polar surface area (TPSA) is 142 Å². The molecule has 0 bridgehead atoms. The number of thiophene rings is 1. The molecule has 0 unspecified atom stereocenters. The summed E-state index contributed by atoms with van der Waals surface area (Å²) in [7, 11) is 1.61. The molecule has 2 heterocycles. The molecule has 13 heteroatoms. The summed E-state index contributed by atoms with van der Waals surface area (Å²) >= 11 is 2.53. The van der Waals surface area contributed by atoms with Crippen LogP contribution >= 0.6 is 23.1 Å². The molecule has 3 rings (SSSR count). The van der Waals surface area contributed by atoms with Crippen molar-refractivity contribution in [2.45, 2.75) is 16.6 Å². The average Bonchev–Trinajstić information content (AvgIpc) is 3.36. The van der Waals surface area contributed by atoms with E-state index in [0.717, 1.165) is 22.7 Å². The molecule has 3 aromatic rings. The van der Waals surface area contributed by atoms with Gasteiger partial charge in [-0.25, -0.2) is 9.48 Å². The molecule has 0 radical (unpaired) electrons. The maximum Gasteiger partial charge on any atom is 0.340 e. The number of tetrazole rings is 1. The molecule has 1 aromatic carbocycles. The Morgan fingerprint density at radius 3 is 2.86 bits per heavy atom. The van der Waals surface area contributed by atoms with E-state index in [1.807, 2.05) is 17.5 Å². The van der Waals surface area contributed by atoms with Gasteiger partial charge in [-0.05, 0) is 39.7 Å². The summed E-state index contributed by atoms with van der Waals surface area (Å²) in [5.41, 5.74) is -0.335. The zero-order valence-corrected chi connectivity index (χ0v) is 16.6. The zero-order valence-electron chi connectivity index (χ0n) is 15.0. The van der Waals surface area contributed by atoms with Crippen LogP contribution in [-0.2, 0) is 23.1 Å². The Labute approximate surface area is 172 Å². The van der Waals surface area contributed by atoms with E-state index in [1.165, 1.54) is 28.2 Å². The van der Waals surface area contributed by atoms with Gasteiger partial charge in [-0.3, -0.25) is 14.9 Å². The number of carbonyl (C=O) groups is 2. The second-order valence-electron chi connectivity index (χ2n) is 5.56. The van der Waals surface area contributed by atoms with Crippen molar-refractivity contribution >= 4 is 40.7 Å². The number of carbonyl (C=O) groups excluding carboxylic acids is 2. The molecule has 0 aliphatic heterocycles. The quantitative estimate of drug-likeness (QED) is 0.319. The lowest BCUT2D eigenvalue weighted by molar-refractivity contribution is -0.384. The molecule has 0 saturated carbocycles. The average molecular weight is 434 g/mol. The van der Waals surface area contributed by atoms with Crippen LogP contribution in [0.25, 0.3) is 0 Å². The van der Waals surface area contributed by atoms with E-state index in [0.29, 0.717) is 16.6 Å². The maximum atomic E-state index is 12.5. The van der Waals surface area contributed by atoms with Gasteiger partial charge in [0.25, 0.3) is 11.6 Å². The van der Waals surface area contributed by atoms with Crippen molar-refractivity contribution in [1.29, 1.82) is 0 Å². The number of nitrogens with one attached hydrogen (secondary N) is 1. The Balaban J connectivity index is 1.69. The van der Waals surface area contributed by atoms with Gasteiger partial charge in [0.1, 0.15) is 0 Å². The SMILES string of the molecule is Cn1nnnc1Sc1ccc([N+](=O)[O-])cc1C(=O)OCC(=O)NCc1cccs1. The van der Waals surface area contributed by atoms with E-state index in [9.17, 15) is 19.7 Å². The molecule has 0 spiro atoms. The first kappa shape index (κ1) is 20.4. The highest BCUT2D eigenvalue weighted by Gasteiger charge is 2.21. The molecule has 0 atom stereocenters. The summed E-state index contributed by atoms with van der Waals surface area (Å²) in [5.74, 6) is -1.35. The van der Waals surface area contributed by atoms with Gasteiger partial charge in [0.05, 0.1) is 17.0 Å². The highest BCUT2D eigenvalue weighted by molar-refractivity contribution is 7.99. The lowest BCUT2D eigenvalue weighted by atomic mass is 10.2. The van der Waals surface area contributed by atoms with Crippen LogP contribution in [-0.4, -0.2) is 43.6 Å². The normalized spacial score (nSPS) is 10.5. The molecule has 1 amide bonds. The molecule has 0 aliphatic rings. The van der Waals surface area contributed by atoms with Crippen LogP contribution in [0.1, 0.15) is 15.2 Å². The molecule has 0 saturated heterocycles. The smallest absolute Gasteiger partial charge is 0.340 e. The predicted molar refractivity (Wildman–Crippen MR) is 102 cm³/mol. The number of ether oxygens (including phenoxy) is 1. The zero-order chi connectivity index (χ0) is 20.8. The fraction of sp³-hybridized carbons (Fsp3) is 0.188. The Morgan fingerprint density at radius 2 is 2.21 bits per heavy atom. The minimum atomic E-state index is -0.863. The molecule has 2 aromatic heterocycles. The van der Waals surface area contributed by atoms with E-state index in [4.69, 9.17) is 4.74 Å². The maximum absolute atomic E-state index is 12.5. The van der Waals surface area contributed by atoms with Crippen LogP contribution < -0.4 is 5.32 Å². The van der Waals surface area contributed by atoms with E-state index >= 15 is 0 Å². The van der Waals surface area contributed by atoms with Crippen LogP contribution in [0.5, 0.6) is 0 Å². The highest BCUT2D eigenvalue weighted by atomic mass is 32.2. The number of benzene rings is 1. The van der Waals surface area contributed by atoms with Gasteiger partial charge in [-0.2, -0.15) is 0 Å². The summed E-state index contributed by atoms with van der Waals surface area (Å²) in [6, 6.07) is 7.49. The van der Waals surface area contributed by atoms with Gasteiger partial charge in [-0.15, -0.1) is 16.4 Å². The van der Waals surface area contributed by atoms with E-state index < -0.39 is 23.4 Å². The molecule has 0 fully saturated rings. The van der Waals surface area contributed by atoms with Crippen molar-refractivity contribution in [3.05, 3.63) is 56.3 Å². The first-order chi connectivity index (χ1) is 13.9. The number of nitro groups is 1. The van der Waals surface area contributed by atoms with Gasteiger partial charge < -0.3 is 10.1 Å². The number of hydrogen-bond acceptors (Lipinski definition) is 10. The summed E-state index contributed by atoms with van der Waals surface area (Å²) in [6.07, 6.45) is 0. The van der Waals surface area contributed by atoms with Gasteiger partial charge in [0.15, 0.2) is 6.61 Å². The molecular weight excluding hydrogens is 420 g/mol. The number of non-ortho nitro benzene ring substituents is 1. The van der Waals surface area contributed by atoms with Crippen LogP contribution in [0.15, 0.2) is 45.8 Å². The Bertz CT molecular complexity index is 1040. The van der Waals surface area contributed by atoms with Crippen LogP contribution in [0.4, 0.5) is 5.69 Å². The molecule has 11 nitrogen and oxygen atoms in total. The van der Waals surface area contributed by atoms with Crippen molar-refractivity contribution in [2.24, 2.45) is 7.05 Å². The van der Waals surface area contributed by atoms with Crippen LogP contribution in [0, 0.1) is 10.1 Å². The Hall–Kier alpha value is -3.32. The first-order valence-electron chi connectivity index (χ1n) is 8.09. The monoisotopic (exact) mass is 434 g/mol. The highest BCUT2D eigenvalue weighted by Crippen LogP contribution is 2.31. The van der Waals surface area contributed by atoms with Crippen molar-refractivity contribution in [3.8, 4) is 0 Å². The third kappa shape index (κ3) is 5.36. The number of nitrogens with zero attached hydrogens (tertiary/aromatic N) is 5. The van der Waals surface area contributed by atoms with Crippen LogP contribution in [0.2, 0.25) is 0 Å². The van der Waals surface area contributed by atoms with Crippen LogP contribution in [0.3, 0.4) is 0 Å². The summed E-state index contributed by atoms with van der Waals surface area (Å²) in [6.45, 7) is -0.187. The number of nitro benzene ring substituents is 1. The van der Waals surface area contributed by atoms with Gasteiger partial charge in [0.2, 0.25) is 5.16 Å². The Morgan fingerprint density at radius 1 is 1.38 bits per heavy atom. The van der Waals surface area contributed by atoms with E-state index in [1.54, 1.807) is 7.05 Å². The summed E-state index contributed by atoms with van der Waals surface area (Å²) in [4.78, 5) is 36.2. The van der Waals surface area contributed by atoms with E-state index in [2.05, 4.69) is 20.8 Å². The molecule has 29 heavy (non-hydrogen) atoms. The number of esters is 1. The fourth-order valence-electron chi connectivity index (χ4n) is 2.14. The summed E-state index contributed by atoms with van der Waals surface area (Å²) in [5, 5.41) is 27.0. The standard InChI is InChI=1S/C16H14N6O5S2/c1-21-16(18-19-20-21)29-13-5-4-10(22(25)26)7-12(13)15(24)27-9-14(23)17-8-11-3-2-6-28-11/h2-7H,8-9H2,1H3,(H,17,23). The van der Waals surface area contributed by atoms with Gasteiger partial charge in [0, 0.05) is 29.0 Å². The lowest BCUT2D eigenvalue weighted by Gasteiger charge is -2.09. The van der Waals surface area contributed by atoms with Crippen molar-refractivity contribution in [2.75, 3.05) is 6.61 Å². The van der Waals surface area contributed by atoms with E-state index in [-0.39, 0.29) is 11.3 Å². The van der Waals surface area contributed by atoms with Crippen molar-refractivity contribution in [3.63, 3.8) is 0 Å². The number of rotatable bonds is 8. The second-order valence-corrected chi connectivity index (χ2v) is 7.60. The third-order valence-electron chi connectivity index (χ3n) is 3.55. The minimum Gasteiger partial charge on any atom is -0.452 e. The molecule has 1 N–H and O–H groups in total. The minimum absolute atomic E-state index is 0.0572. The number of aryl methyl sites for hydroxylation is 1. The van der Waals surface area contributed by atoms with Crippen molar-refractivity contribution < 1.29 is 19.2 Å². The number of hydrogen-bond donors (Lipinski definition) is 1. The molecule has 0 aliphatic carbocycles. The van der Waals surface area contributed by atoms with Gasteiger partial charge in [-0.1, -0.05) is 6.07 Å². The van der Waals surface area contributed by atoms with Gasteiger partial charge >= 0.3 is 5.97 Å².